The van der Waals surface area contributed by atoms with E-state index in [4.69, 9.17) is 23.2 Å². The summed E-state index contributed by atoms with van der Waals surface area (Å²) in [6.07, 6.45) is 0.582. The first-order valence-corrected chi connectivity index (χ1v) is 11.6. The molecule has 3 aromatic carbocycles. The van der Waals surface area contributed by atoms with Crippen LogP contribution < -0.4 is 5.32 Å². The molecule has 0 aromatic heterocycles. The van der Waals surface area contributed by atoms with Gasteiger partial charge in [0.1, 0.15) is 6.04 Å². The Labute approximate surface area is 205 Å². The van der Waals surface area contributed by atoms with Crippen LogP contribution in [0.2, 0.25) is 10.0 Å². The third kappa shape index (κ3) is 6.59. The Bertz CT molecular complexity index is 1130. The third-order valence-electron chi connectivity index (χ3n) is 5.80. The van der Waals surface area contributed by atoms with Crippen LogP contribution in [0.25, 0.3) is 0 Å². The molecule has 0 aliphatic rings. The van der Waals surface area contributed by atoms with E-state index in [1.54, 1.807) is 30.1 Å². The second-order valence-corrected chi connectivity index (χ2v) is 9.02. The van der Waals surface area contributed by atoms with Crippen LogP contribution in [0.15, 0.2) is 66.7 Å². The van der Waals surface area contributed by atoms with Crippen molar-refractivity contribution in [3.8, 4) is 0 Å². The Kier molecular flexibility index (Phi) is 8.54. The van der Waals surface area contributed by atoms with E-state index in [9.17, 15) is 9.59 Å². The number of hydrogen-bond donors (Lipinski definition) is 1. The molecule has 0 fully saturated rings. The molecule has 0 heterocycles. The SMILES string of the molecule is CNC(=O)C(Cc1ccccc1)N(Cc1ccc(Cl)cc1Cl)C(=O)Cc1ccc(C)c(C)c1. The molecular formula is C27H28Cl2N2O2. The molecule has 6 heteroatoms. The lowest BCUT2D eigenvalue weighted by atomic mass is 10.0. The van der Waals surface area contributed by atoms with Crippen molar-refractivity contribution in [1.29, 1.82) is 0 Å². The molecule has 0 spiro atoms. The third-order valence-corrected chi connectivity index (χ3v) is 6.39. The van der Waals surface area contributed by atoms with Crippen molar-refractivity contribution in [1.82, 2.24) is 10.2 Å². The van der Waals surface area contributed by atoms with E-state index >= 15 is 0 Å². The van der Waals surface area contributed by atoms with Gasteiger partial charge in [0, 0.05) is 30.1 Å². The second kappa shape index (κ2) is 11.4. The van der Waals surface area contributed by atoms with E-state index in [1.165, 1.54) is 5.56 Å². The summed E-state index contributed by atoms with van der Waals surface area (Å²) < 4.78 is 0. The highest BCUT2D eigenvalue weighted by Gasteiger charge is 2.30. The van der Waals surface area contributed by atoms with Crippen molar-refractivity contribution in [3.05, 3.63) is 105 Å². The van der Waals surface area contributed by atoms with Crippen LogP contribution in [0, 0.1) is 13.8 Å². The molecule has 33 heavy (non-hydrogen) atoms. The van der Waals surface area contributed by atoms with Crippen LogP contribution in [0.4, 0.5) is 0 Å². The first kappa shape index (κ1) is 24.8. The van der Waals surface area contributed by atoms with Crippen LogP contribution >= 0.6 is 23.2 Å². The van der Waals surface area contributed by atoms with Gasteiger partial charge in [0.15, 0.2) is 0 Å². The molecule has 3 aromatic rings. The van der Waals surface area contributed by atoms with Crippen molar-refractivity contribution in [2.75, 3.05) is 7.05 Å². The number of rotatable bonds is 8. The van der Waals surface area contributed by atoms with Gasteiger partial charge in [-0.05, 0) is 53.8 Å². The second-order valence-electron chi connectivity index (χ2n) is 8.17. The average molecular weight is 483 g/mol. The molecule has 0 radical (unpaired) electrons. The summed E-state index contributed by atoms with van der Waals surface area (Å²) in [5.41, 5.74) is 4.91. The molecule has 1 atom stereocenters. The fourth-order valence-corrected chi connectivity index (χ4v) is 4.21. The van der Waals surface area contributed by atoms with E-state index in [1.807, 2.05) is 62.4 Å². The van der Waals surface area contributed by atoms with Crippen LogP contribution in [-0.2, 0) is 29.0 Å². The number of nitrogens with zero attached hydrogens (tertiary/aromatic N) is 1. The Morgan fingerprint density at radius 1 is 0.909 bits per heavy atom. The quantitative estimate of drug-likeness (QED) is 0.458. The zero-order valence-electron chi connectivity index (χ0n) is 19.1. The first-order valence-electron chi connectivity index (χ1n) is 10.8. The number of carbonyl (C=O) groups is 2. The normalized spacial score (nSPS) is 11.7. The van der Waals surface area contributed by atoms with Crippen LogP contribution in [0.3, 0.4) is 0 Å². The number of amides is 2. The van der Waals surface area contributed by atoms with E-state index in [-0.39, 0.29) is 24.8 Å². The maximum Gasteiger partial charge on any atom is 0.242 e. The topological polar surface area (TPSA) is 49.4 Å². The molecule has 1 unspecified atom stereocenters. The van der Waals surface area contributed by atoms with Crippen molar-refractivity contribution in [2.24, 2.45) is 0 Å². The molecule has 2 amide bonds. The Morgan fingerprint density at radius 2 is 1.64 bits per heavy atom. The zero-order valence-corrected chi connectivity index (χ0v) is 20.6. The minimum absolute atomic E-state index is 0.145. The van der Waals surface area contributed by atoms with Gasteiger partial charge in [0.25, 0.3) is 0 Å². The number of halogens is 2. The maximum atomic E-state index is 13.6. The van der Waals surface area contributed by atoms with E-state index in [0.29, 0.717) is 16.5 Å². The highest BCUT2D eigenvalue weighted by Crippen LogP contribution is 2.24. The summed E-state index contributed by atoms with van der Waals surface area (Å²) in [5.74, 6) is -0.369. The molecule has 0 saturated heterocycles. The van der Waals surface area contributed by atoms with E-state index < -0.39 is 6.04 Å². The van der Waals surface area contributed by atoms with Gasteiger partial charge in [-0.25, -0.2) is 0 Å². The highest BCUT2D eigenvalue weighted by molar-refractivity contribution is 6.35. The predicted molar refractivity (Wildman–Crippen MR) is 135 cm³/mol. The lowest BCUT2D eigenvalue weighted by Gasteiger charge is -2.31. The zero-order chi connectivity index (χ0) is 24.0. The van der Waals surface area contributed by atoms with Gasteiger partial charge in [-0.15, -0.1) is 0 Å². The largest absolute Gasteiger partial charge is 0.357 e. The lowest BCUT2D eigenvalue weighted by molar-refractivity contribution is -0.140. The summed E-state index contributed by atoms with van der Waals surface area (Å²) in [4.78, 5) is 28.2. The van der Waals surface area contributed by atoms with Crippen LogP contribution in [-0.4, -0.2) is 29.8 Å². The summed E-state index contributed by atoms with van der Waals surface area (Å²) >= 11 is 12.5. The summed E-state index contributed by atoms with van der Waals surface area (Å²) in [5, 5.41) is 3.70. The van der Waals surface area contributed by atoms with Crippen molar-refractivity contribution in [2.45, 2.75) is 39.3 Å². The van der Waals surface area contributed by atoms with Crippen molar-refractivity contribution < 1.29 is 9.59 Å². The summed E-state index contributed by atoms with van der Waals surface area (Å²) in [7, 11) is 1.58. The number of benzene rings is 3. The number of carbonyl (C=O) groups excluding carboxylic acids is 2. The molecule has 0 aliphatic heterocycles. The van der Waals surface area contributed by atoms with Crippen LogP contribution in [0.5, 0.6) is 0 Å². The lowest BCUT2D eigenvalue weighted by Crippen LogP contribution is -2.50. The van der Waals surface area contributed by atoms with Crippen molar-refractivity contribution in [3.63, 3.8) is 0 Å². The monoisotopic (exact) mass is 482 g/mol. The van der Waals surface area contributed by atoms with Gasteiger partial charge in [-0.2, -0.15) is 0 Å². The van der Waals surface area contributed by atoms with Crippen molar-refractivity contribution >= 4 is 35.0 Å². The fourth-order valence-electron chi connectivity index (χ4n) is 3.74. The van der Waals surface area contributed by atoms with Gasteiger partial charge < -0.3 is 10.2 Å². The average Bonchev–Trinajstić information content (AvgIpc) is 2.80. The number of aryl methyl sites for hydroxylation is 2. The predicted octanol–water partition coefficient (Wildman–Crippen LogP) is 5.54. The minimum atomic E-state index is -0.691. The molecular weight excluding hydrogens is 455 g/mol. The first-order chi connectivity index (χ1) is 15.8. The summed E-state index contributed by atoms with van der Waals surface area (Å²) in [6.45, 7) is 4.26. The Balaban J connectivity index is 1.97. The Morgan fingerprint density at radius 3 is 2.27 bits per heavy atom. The highest BCUT2D eigenvalue weighted by atomic mass is 35.5. The smallest absolute Gasteiger partial charge is 0.242 e. The summed E-state index contributed by atoms with van der Waals surface area (Å²) in [6, 6.07) is 20.2. The van der Waals surface area contributed by atoms with E-state index in [2.05, 4.69) is 5.32 Å². The van der Waals surface area contributed by atoms with Gasteiger partial charge >= 0.3 is 0 Å². The van der Waals surface area contributed by atoms with Gasteiger partial charge in [0.2, 0.25) is 11.8 Å². The van der Waals surface area contributed by atoms with Gasteiger partial charge in [-0.1, -0.05) is 77.8 Å². The van der Waals surface area contributed by atoms with Gasteiger partial charge in [-0.3, -0.25) is 9.59 Å². The standard InChI is InChI=1S/C27H28Cl2N2O2/c1-18-9-10-21(13-19(18)2)15-26(32)31(17-22-11-12-23(28)16-24(22)29)25(27(33)30-3)14-20-7-5-4-6-8-20/h4-13,16,25H,14-15,17H2,1-3H3,(H,30,33). The molecule has 3 rings (SSSR count). The minimum Gasteiger partial charge on any atom is -0.357 e. The maximum absolute atomic E-state index is 13.6. The molecule has 4 nitrogen and oxygen atoms in total. The number of likely N-dealkylation sites (N-methyl/N-ethyl adjacent to an activating group) is 1. The number of nitrogens with one attached hydrogen (secondary N) is 1. The molecule has 1 N–H and O–H groups in total. The molecule has 0 aliphatic carbocycles. The van der Waals surface area contributed by atoms with Gasteiger partial charge in [0.05, 0.1) is 6.42 Å². The fraction of sp³-hybridized carbons (Fsp3) is 0.259. The van der Waals surface area contributed by atoms with E-state index in [0.717, 1.165) is 22.3 Å². The molecule has 0 bridgehead atoms. The molecule has 172 valence electrons. The van der Waals surface area contributed by atoms with Crippen LogP contribution in [0.1, 0.15) is 27.8 Å². The Hall–Kier alpha value is -2.82. The molecule has 0 saturated carbocycles. The number of hydrogen-bond acceptors (Lipinski definition) is 2.